The Morgan fingerprint density at radius 3 is 2.32 bits per heavy atom. The van der Waals surface area contributed by atoms with Gasteiger partial charge in [-0.05, 0) is 23.3 Å². The predicted octanol–water partition coefficient (Wildman–Crippen LogP) is 3.69. The fourth-order valence-corrected chi connectivity index (χ4v) is 5.81. The van der Waals surface area contributed by atoms with E-state index in [0.29, 0.717) is 31.7 Å². The van der Waals surface area contributed by atoms with Gasteiger partial charge in [0, 0.05) is 55.3 Å². The monoisotopic (exact) mass is 492 g/mol. The molecule has 7 heteroatoms. The molecule has 1 saturated heterocycles. The number of aryl methyl sites for hydroxylation is 1. The van der Waals surface area contributed by atoms with Gasteiger partial charge >= 0.3 is 0 Å². The highest BCUT2D eigenvalue weighted by Gasteiger charge is 2.42. The molecule has 0 bridgehead atoms. The summed E-state index contributed by atoms with van der Waals surface area (Å²) in [5, 5.41) is 1.07. The number of piperazine rings is 1. The van der Waals surface area contributed by atoms with Gasteiger partial charge in [-0.1, -0.05) is 66.7 Å². The molecule has 3 amide bonds. The first-order valence-corrected chi connectivity index (χ1v) is 12.6. The van der Waals surface area contributed by atoms with Gasteiger partial charge in [0.05, 0.1) is 11.7 Å². The molecule has 1 aromatic heterocycles. The van der Waals surface area contributed by atoms with Gasteiger partial charge in [0.25, 0.3) is 5.91 Å². The van der Waals surface area contributed by atoms with Crippen LogP contribution < -0.4 is 0 Å². The smallest absolute Gasteiger partial charge is 0.255 e. The second kappa shape index (κ2) is 9.24. The second-order valence-electron chi connectivity index (χ2n) is 9.65. The summed E-state index contributed by atoms with van der Waals surface area (Å²) in [6.45, 7) is 1.95. The summed E-state index contributed by atoms with van der Waals surface area (Å²) in [5.41, 5.74) is 5.75. The van der Waals surface area contributed by atoms with Crippen LogP contribution in [-0.4, -0.2) is 70.2 Å². The van der Waals surface area contributed by atoms with Crippen LogP contribution in [0.25, 0.3) is 22.2 Å². The Bertz CT molecular complexity index is 1500. The van der Waals surface area contributed by atoms with Crippen LogP contribution in [0.3, 0.4) is 0 Å². The molecule has 1 atom stereocenters. The SMILES string of the molecule is Cn1c(-c2ccccc2)c([C@H]2c3ccccc3C(=O)N2CC(=O)N2CCN(C=O)CC2)c2ccccc21. The highest BCUT2D eigenvalue weighted by atomic mass is 16.2. The van der Waals surface area contributed by atoms with Crippen molar-refractivity contribution in [3.05, 3.63) is 95.6 Å². The van der Waals surface area contributed by atoms with Gasteiger partial charge in [-0.3, -0.25) is 14.4 Å². The average Bonchev–Trinajstić information content (AvgIpc) is 3.39. The maximum atomic E-state index is 13.8. The van der Waals surface area contributed by atoms with Crippen molar-refractivity contribution in [2.45, 2.75) is 6.04 Å². The number of nitrogens with zero attached hydrogens (tertiary/aromatic N) is 4. The van der Waals surface area contributed by atoms with Crippen molar-refractivity contribution in [3.8, 4) is 11.3 Å². The molecule has 0 unspecified atom stereocenters. The highest BCUT2D eigenvalue weighted by molar-refractivity contribution is 6.03. The lowest BCUT2D eigenvalue weighted by Crippen LogP contribution is -2.51. The first-order valence-electron chi connectivity index (χ1n) is 12.6. The number of fused-ring (bicyclic) bond motifs is 2. The van der Waals surface area contributed by atoms with Crippen LogP contribution in [0.1, 0.15) is 27.5 Å². The zero-order chi connectivity index (χ0) is 25.5. The van der Waals surface area contributed by atoms with Gasteiger partial charge in [-0.25, -0.2) is 0 Å². The van der Waals surface area contributed by atoms with E-state index in [9.17, 15) is 14.4 Å². The minimum Gasteiger partial charge on any atom is -0.343 e. The summed E-state index contributed by atoms with van der Waals surface area (Å²) in [4.78, 5) is 43.5. The standard InChI is InChI=1S/C30H28N4O3/c1-31-25-14-8-7-13-24(25)27(28(31)21-9-3-2-4-10-21)29-22-11-5-6-12-23(22)30(37)34(29)19-26(36)33-17-15-32(20-35)16-18-33/h2-14,20,29H,15-19H2,1H3/t29-/m1/s1. The summed E-state index contributed by atoms with van der Waals surface area (Å²) >= 11 is 0. The van der Waals surface area contributed by atoms with Gasteiger partial charge in [0.2, 0.25) is 12.3 Å². The maximum absolute atomic E-state index is 13.8. The molecule has 7 nitrogen and oxygen atoms in total. The molecular formula is C30H28N4O3. The molecule has 3 aromatic carbocycles. The molecule has 37 heavy (non-hydrogen) atoms. The van der Waals surface area contributed by atoms with E-state index in [0.717, 1.165) is 39.7 Å². The number of carbonyl (C=O) groups is 3. The molecule has 6 rings (SSSR count). The Balaban J connectivity index is 1.48. The van der Waals surface area contributed by atoms with Crippen molar-refractivity contribution in [2.75, 3.05) is 32.7 Å². The lowest BCUT2D eigenvalue weighted by molar-refractivity contribution is -0.135. The van der Waals surface area contributed by atoms with Crippen LogP contribution >= 0.6 is 0 Å². The number of hydrogen-bond donors (Lipinski definition) is 0. The van der Waals surface area contributed by atoms with Crippen molar-refractivity contribution >= 4 is 29.1 Å². The van der Waals surface area contributed by atoms with Crippen LogP contribution in [0.2, 0.25) is 0 Å². The van der Waals surface area contributed by atoms with Crippen LogP contribution in [-0.2, 0) is 16.6 Å². The number of amides is 3. The molecule has 0 saturated carbocycles. The molecule has 1 fully saturated rings. The number of carbonyl (C=O) groups excluding carboxylic acids is 3. The van der Waals surface area contributed by atoms with Gasteiger partial charge in [0.15, 0.2) is 0 Å². The minimum absolute atomic E-state index is 0.0171. The van der Waals surface area contributed by atoms with Gasteiger partial charge in [-0.15, -0.1) is 0 Å². The summed E-state index contributed by atoms with van der Waals surface area (Å²) in [6.07, 6.45) is 0.824. The Hall–Kier alpha value is -4.39. The molecule has 2 aliphatic heterocycles. The Labute approximate surface area is 215 Å². The minimum atomic E-state index is -0.398. The third kappa shape index (κ3) is 3.78. The van der Waals surface area contributed by atoms with E-state index in [-0.39, 0.29) is 18.4 Å². The van der Waals surface area contributed by atoms with E-state index >= 15 is 0 Å². The zero-order valence-electron chi connectivity index (χ0n) is 20.7. The first kappa shape index (κ1) is 23.0. The third-order valence-corrected chi connectivity index (χ3v) is 7.65. The second-order valence-corrected chi connectivity index (χ2v) is 9.65. The molecule has 0 radical (unpaired) electrons. The fraction of sp³-hybridized carbons (Fsp3) is 0.233. The number of hydrogen-bond acceptors (Lipinski definition) is 3. The normalized spacial score (nSPS) is 17.4. The van der Waals surface area contributed by atoms with Crippen LogP contribution in [0, 0.1) is 0 Å². The molecule has 0 aliphatic carbocycles. The topological polar surface area (TPSA) is 65.9 Å². The number of aromatic nitrogens is 1. The zero-order valence-corrected chi connectivity index (χ0v) is 20.7. The summed E-state index contributed by atoms with van der Waals surface area (Å²) < 4.78 is 2.18. The van der Waals surface area contributed by atoms with Crippen molar-refractivity contribution in [3.63, 3.8) is 0 Å². The Kier molecular flexibility index (Phi) is 5.75. The fourth-order valence-electron chi connectivity index (χ4n) is 5.81. The first-order chi connectivity index (χ1) is 18.1. The van der Waals surface area contributed by atoms with E-state index in [1.807, 2.05) is 54.6 Å². The van der Waals surface area contributed by atoms with E-state index in [1.54, 1.807) is 14.7 Å². The molecule has 0 N–H and O–H groups in total. The molecular weight excluding hydrogens is 464 g/mol. The van der Waals surface area contributed by atoms with E-state index in [2.05, 4.69) is 35.9 Å². The van der Waals surface area contributed by atoms with E-state index < -0.39 is 6.04 Å². The molecule has 2 aliphatic rings. The highest BCUT2D eigenvalue weighted by Crippen LogP contribution is 2.46. The lowest BCUT2D eigenvalue weighted by atomic mass is 9.93. The van der Waals surface area contributed by atoms with Crippen molar-refractivity contribution in [2.24, 2.45) is 7.05 Å². The largest absolute Gasteiger partial charge is 0.343 e. The van der Waals surface area contributed by atoms with Crippen molar-refractivity contribution < 1.29 is 14.4 Å². The van der Waals surface area contributed by atoms with E-state index in [1.165, 1.54) is 0 Å². The van der Waals surface area contributed by atoms with E-state index in [4.69, 9.17) is 0 Å². The van der Waals surface area contributed by atoms with Crippen molar-refractivity contribution in [1.82, 2.24) is 19.3 Å². The third-order valence-electron chi connectivity index (χ3n) is 7.65. The van der Waals surface area contributed by atoms with Crippen LogP contribution in [0.4, 0.5) is 0 Å². The average molecular weight is 493 g/mol. The summed E-state index contributed by atoms with van der Waals surface area (Å²) in [6, 6.07) is 25.7. The molecule has 4 aromatic rings. The van der Waals surface area contributed by atoms with Gasteiger partial charge in [0.1, 0.15) is 6.54 Å². The number of rotatable bonds is 5. The molecule has 0 spiro atoms. The van der Waals surface area contributed by atoms with Crippen molar-refractivity contribution in [1.29, 1.82) is 0 Å². The predicted molar refractivity (Wildman–Crippen MR) is 142 cm³/mol. The quantitative estimate of drug-likeness (QED) is 0.399. The number of para-hydroxylation sites is 1. The molecule has 3 heterocycles. The van der Waals surface area contributed by atoms with Crippen LogP contribution in [0.15, 0.2) is 78.9 Å². The molecule has 186 valence electrons. The maximum Gasteiger partial charge on any atom is 0.255 e. The number of benzene rings is 3. The summed E-state index contributed by atoms with van der Waals surface area (Å²) in [5.74, 6) is -0.231. The summed E-state index contributed by atoms with van der Waals surface area (Å²) in [7, 11) is 2.05. The van der Waals surface area contributed by atoms with Gasteiger partial charge in [-0.2, -0.15) is 0 Å². The lowest BCUT2D eigenvalue weighted by Gasteiger charge is -2.34. The van der Waals surface area contributed by atoms with Crippen LogP contribution in [0.5, 0.6) is 0 Å². The Morgan fingerprint density at radius 2 is 1.57 bits per heavy atom. The van der Waals surface area contributed by atoms with Gasteiger partial charge < -0.3 is 19.3 Å². The Morgan fingerprint density at radius 1 is 0.892 bits per heavy atom.